The minimum Gasteiger partial charge on any atom is -0.459 e. The molecule has 0 aliphatic rings. The van der Waals surface area contributed by atoms with Crippen molar-refractivity contribution in [2.45, 2.75) is 39.7 Å². The van der Waals surface area contributed by atoms with Crippen molar-refractivity contribution in [3.8, 4) is 0 Å². The quantitative estimate of drug-likeness (QED) is 0.707. The van der Waals surface area contributed by atoms with Crippen molar-refractivity contribution in [3.63, 3.8) is 0 Å². The third-order valence-corrected chi connectivity index (χ3v) is 3.18. The summed E-state index contributed by atoms with van der Waals surface area (Å²) in [5.74, 6) is -0.262. The number of amides is 2. The molecular weight excluding hydrogens is 272 g/mol. The second-order valence-electron chi connectivity index (χ2n) is 5.98. The van der Waals surface area contributed by atoms with E-state index in [1.54, 1.807) is 12.1 Å². The molecule has 3 N–H and O–H groups in total. The van der Waals surface area contributed by atoms with Crippen molar-refractivity contribution in [2.75, 3.05) is 13.2 Å². The van der Waals surface area contributed by atoms with Crippen LogP contribution in [0.2, 0.25) is 0 Å². The number of carbonyl (C=O) groups is 2. The van der Waals surface area contributed by atoms with Gasteiger partial charge in [-0.2, -0.15) is 0 Å². The molecule has 1 aromatic rings. The molecule has 6 heteroatoms. The fourth-order valence-electron chi connectivity index (χ4n) is 1.90. The van der Waals surface area contributed by atoms with Crippen LogP contribution in [0.25, 0.3) is 0 Å². The average Bonchev–Trinajstić information content (AvgIpc) is 2.91. The molecule has 0 spiro atoms. The molecule has 0 fully saturated rings. The average molecular weight is 296 g/mol. The number of hydrogen-bond donors (Lipinski definition) is 3. The maximum Gasteiger partial charge on any atom is 0.286 e. The second kappa shape index (κ2) is 7.83. The Bertz CT molecular complexity index is 449. The maximum absolute atomic E-state index is 11.9. The summed E-state index contributed by atoms with van der Waals surface area (Å²) in [7, 11) is 0. The number of aliphatic hydroxyl groups is 1. The molecule has 1 atom stereocenters. The first kappa shape index (κ1) is 17.2. The summed E-state index contributed by atoms with van der Waals surface area (Å²) < 4.78 is 4.95. The van der Waals surface area contributed by atoms with Gasteiger partial charge in [0, 0.05) is 25.6 Å². The molecule has 0 saturated carbocycles. The van der Waals surface area contributed by atoms with Crippen molar-refractivity contribution in [2.24, 2.45) is 5.41 Å². The van der Waals surface area contributed by atoms with Gasteiger partial charge < -0.3 is 20.2 Å². The Kier molecular flexibility index (Phi) is 6.42. The Morgan fingerprint density at radius 3 is 2.62 bits per heavy atom. The Hall–Kier alpha value is -1.82. The molecule has 0 aromatic carbocycles. The van der Waals surface area contributed by atoms with Crippen LogP contribution < -0.4 is 10.6 Å². The van der Waals surface area contributed by atoms with Crippen molar-refractivity contribution < 1.29 is 19.1 Å². The lowest BCUT2D eigenvalue weighted by Gasteiger charge is -2.31. The first-order valence-corrected chi connectivity index (χ1v) is 7.06. The Balaban J connectivity index is 2.34. The van der Waals surface area contributed by atoms with Gasteiger partial charge in [-0.15, -0.1) is 0 Å². The lowest BCUT2D eigenvalue weighted by Crippen LogP contribution is -2.45. The molecule has 0 radical (unpaired) electrons. The van der Waals surface area contributed by atoms with E-state index < -0.39 is 0 Å². The van der Waals surface area contributed by atoms with Crippen molar-refractivity contribution in [1.29, 1.82) is 0 Å². The number of rotatable bonds is 7. The number of aliphatic hydroxyl groups excluding tert-OH is 1. The predicted molar refractivity (Wildman–Crippen MR) is 78.7 cm³/mol. The fourth-order valence-corrected chi connectivity index (χ4v) is 1.90. The molecule has 1 rings (SSSR count). The highest BCUT2D eigenvalue weighted by atomic mass is 16.3. The van der Waals surface area contributed by atoms with Gasteiger partial charge >= 0.3 is 0 Å². The highest BCUT2D eigenvalue weighted by Crippen LogP contribution is 2.21. The van der Waals surface area contributed by atoms with Crippen molar-refractivity contribution in [1.82, 2.24) is 10.6 Å². The van der Waals surface area contributed by atoms with E-state index in [9.17, 15) is 9.59 Å². The molecule has 1 unspecified atom stereocenters. The monoisotopic (exact) mass is 296 g/mol. The zero-order valence-corrected chi connectivity index (χ0v) is 12.8. The van der Waals surface area contributed by atoms with E-state index in [1.807, 2.05) is 20.8 Å². The van der Waals surface area contributed by atoms with Gasteiger partial charge in [-0.1, -0.05) is 20.8 Å². The molecule has 118 valence electrons. The van der Waals surface area contributed by atoms with Crippen LogP contribution in [0.5, 0.6) is 0 Å². The molecule has 1 heterocycles. The van der Waals surface area contributed by atoms with E-state index in [4.69, 9.17) is 9.52 Å². The molecule has 2 amide bonds. The van der Waals surface area contributed by atoms with Crippen LogP contribution in [0.1, 0.15) is 44.2 Å². The third-order valence-electron chi connectivity index (χ3n) is 3.18. The minimum absolute atomic E-state index is 0.0252. The molecular formula is C15H24N2O4. The highest BCUT2D eigenvalue weighted by Gasteiger charge is 2.25. The van der Waals surface area contributed by atoms with Gasteiger partial charge in [0.25, 0.3) is 5.91 Å². The first-order chi connectivity index (χ1) is 9.84. The SMILES string of the molecule is CC(C)(C)C(CCO)NC(=O)CCNC(=O)c1ccco1. The van der Waals surface area contributed by atoms with Crippen LogP contribution in [-0.4, -0.2) is 36.1 Å². The molecule has 0 aliphatic carbocycles. The Morgan fingerprint density at radius 2 is 2.10 bits per heavy atom. The van der Waals surface area contributed by atoms with Crippen molar-refractivity contribution in [3.05, 3.63) is 24.2 Å². The van der Waals surface area contributed by atoms with E-state index in [0.29, 0.717) is 6.42 Å². The zero-order chi connectivity index (χ0) is 15.9. The van der Waals surface area contributed by atoms with E-state index >= 15 is 0 Å². The summed E-state index contributed by atoms with van der Waals surface area (Å²) in [5.41, 5.74) is -0.129. The van der Waals surface area contributed by atoms with Crippen LogP contribution in [0.4, 0.5) is 0 Å². The normalized spacial score (nSPS) is 12.8. The molecule has 21 heavy (non-hydrogen) atoms. The number of hydrogen-bond acceptors (Lipinski definition) is 4. The summed E-state index contributed by atoms with van der Waals surface area (Å²) in [6.07, 6.45) is 2.11. The Labute approximate surface area is 124 Å². The van der Waals surface area contributed by atoms with E-state index in [1.165, 1.54) is 6.26 Å². The number of carbonyl (C=O) groups excluding carboxylic acids is 2. The van der Waals surface area contributed by atoms with Gasteiger partial charge in [-0.25, -0.2) is 0 Å². The third kappa shape index (κ3) is 5.99. The highest BCUT2D eigenvalue weighted by molar-refractivity contribution is 5.91. The van der Waals surface area contributed by atoms with Gasteiger partial charge in [-0.05, 0) is 24.0 Å². The van der Waals surface area contributed by atoms with Gasteiger partial charge in [0.05, 0.1) is 6.26 Å². The van der Waals surface area contributed by atoms with E-state index in [-0.39, 0.29) is 48.6 Å². The summed E-state index contributed by atoms with van der Waals surface area (Å²) in [6.45, 7) is 6.28. The van der Waals surface area contributed by atoms with Crippen LogP contribution in [-0.2, 0) is 4.79 Å². The van der Waals surface area contributed by atoms with E-state index in [0.717, 1.165) is 0 Å². The van der Waals surface area contributed by atoms with Gasteiger partial charge in [0.15, 0.2) is 5.76 Å². The molecule has 0 bridgehead atoms. The molecule has 1 aromatic heterocycles. The molecule has 0 saturated heterocycles. The summed E-state index contributed by atoms with van der Waals surface area (Å²) in [4.78, 5) is 23.5. The van der Waals surface area contributed by atoms with Gasteiger partial charge in [-0.3, -0.25) is 9.59 Å². The lowest BCUT2D eigenvalue weighted by atomic mass is 9.85. The predicted octanol–water partition coefficient (Wildman–Crippen LogP) is 1.31. The summed E-state index contributed by atoms with van der Waals surface area (Å²) in [5, 5.41) is 14.6. The number of nitrogens with one attached hydrogen (secondary N) is 2. The summed E-state index contributed by atoms with van der Waals surface area (Å²) >= 11 is 0. The van der Waals surface area contributed by atoms with Crippen LogP contribution in [0.3, 0.4) is 0 Å². The standard InChI is InChI=1S/C15H24N2O4/c1-15(2,3)12(7-9-18)17-13(19)6-8-16-14(20)11-5-4-10-21-11/h4-5,10,12,18H,6-9H2,1-3H3,(H,16,20)(H,17,19). The minimum atomic E-state index is -0.337. The smallest absolute Gasteiger partial charge is 0.286 e. The fraction of sp³-hybridized carbons (Fsp3) is 0.600. The Morgan fingerprint density at radius 1 is 1.38 bits per heavy atom. The van der Waals surface area contributed by atoms with Gasteiger partial charge in [0.2, 0.25) is 5.91 Å². The van der Waals surface area contributed by atoms with E-state index in [2.05, 4.69) is 10.6 Å². The zero-order valence-electron chi connectivity index (χ0n) is 12.8. The largest absolute Gasteiger partial charge is 0.459 e. The second-order valence-corrected chi connectivity index (χ2v) is 5.98. The van der Waals surface area contributed by atoms with Crippen LogP contribution >= 0.6 is 0 Å². The first-order valence-electron chi connectivity index (χ1n) is 7.06. The van der Waals surface area contributed by atoms with Crippen molar-refractivity contribution >= 4 is 11.8 Å². The summed E-state index contributed by atoms with van der Waals surface area (Å²) in [6, 6.07) is 3.09. The topological polar surface area (TPSA) is 91.6 Å². The molecule has 6 nitrogen and oxygen atoms in total. The number of furan rings is 1. The van der Waals surface area contributed by atoms with Crippen LogP contribution in [0, 0.1) is 5.41 Å². The lowest BCUT2D eigenvalue weighted by molar-refractivity contribution is -0.122. The van der Waals surface area contributed by atoms with Crippen LogP contribution in [0.15, 0.2) is 22.8 Å². The maximum atomic E-state index is 11.9. The molecule has 0 aliphatic heterocycles. The van der Waals surface area contributed by atoms with Gasteiger partial charge in [0.1, 0.15) is 0 Å².